The van der Waals surface area contributed by atoms with Crippen LogP contribution in [0.4, 0.5) is 13.2 Å². The summed E-state index contributed by atoms with van der Waals surface area (Å²) in [6, 6.07) is 12.6. The molecule has 3 nitrogen and oxygen atoms in total. The van der Waals surface area contributed by atoms with Gasteiger partial charge in [0, 0.05) is 10.6 Å². The lowest BCUT2D eigenvalue weighted by Gasteiger charge is -2.29. The van der Waals surface area contributed by atoms with Crippen molar-refractivity contribution in [2.45, 2.75) is 32.0 Å². The Labute approximate surface area is 165 Å². The minimum Gasteiger partial charge on any atom is -0.475 e. The van der Waals surface area contributed by atoms with E-state index < -0.39 is 23.8 Å². The van der Waals surface area contributed by atoms with Crippen LogP contribution in [-0.4, -0.2) is 24.9 Å². The van der Waals surface area contributed by atoms with E-state index in [1.165, 1.54) is 13.0 Å². The highest BCUT2D eigenvalue weighted by Crippen LogP contribution is 2.41. The Morgan fingerprint density at radius 1 is 1.18 bits per heavy atom. The summed E-state index contributed by atoms with van der Waals surface area (Å²) in [4.78, 5) is 12.0. The summed E-state index contributed by atoms with van der Waals surface area (Å²) in [6.45, 7) is 1.49. The molecule has 2 aromatic carbocycles. The molecule has 0 bridgehead atoms. The first-order valence-electron chi connectivity index (χ1n) is 8.78. The van der Waals surface area contributed by atoms with Gasteiger partial charge < -0.3 is 9.47 Å². The molecule has 0 fully saturated rings. The van der Waals surface area contributed by atoms with E-state index >= 15 is 0 Å². The van der Waals surface area contributed by atoms with Gasteiger partial charge >= 0.3 is 12.1 Å². The fraction of sp³-hybridized carbons (Fsp3) is 0.286. The van der Waals surface area contributed by atoms with Crippen molar-refractivity contribution in [2.24, 2.45) is 0 Å². The zero-order valence-corrected chi connectivity index (χ0v) is 15.8. The summed E-state index contributed by atoms with van der Waals surface area (Å²) in [6.07, 6.45) is -4.92. The van der Waals surface area contributed by atoms with E-state index in [0.29, 0.717) is 29.0 Å². The number of carbonyl (C=O) groups is 1. The van der Waals surface area contributed by atoms with Gasteiger partial charge in [0.15, 0.2) is 0 Å². The standard InChI is InChI=1S/C21H18ClF3O3/c1-2-27-20(26)17-12-15-11-16(22)10-14(9-8-13-6-4-3-5-7-13)18(15)28-19(17)21(23,24)25/h3-7,10-12,19H,2,8-9H2,1H3. The molecule has 148 valence electrons. The van der Waals surface area contributed by atoms with E-state index in [4.69, 9.17) is 21.1 Å². The molecule has 0 saturated heterocycles. The Morgan fingerprint density at radius 2 is 1.89 bits per heavy atom. The van der Waals surface area contributed by atoms with Crippen LogP contribution in [0.2, 0.25) is 5.02 Å². The van der Waals surface area contributed by atoms with Crippen LogP contribution in [0.1, 0.15) is 23.6 Å². The van der Waals surface area contributed by atoms with Crippen LogP contribution in [0.25, 0.3) is 6.08 Å². The van der Waals surface area contributed by atoms with Crippen molar-refractivity contribution >= 4 is 23.6 Å². The normalized spacial score (nSPS) is 16.0. The lowest BCUT2D eigenvalue weighted by atomic mass is 9.96. The number of esters is 1. The van der Waals surface area contributed by atoms with Crippen molar-refractivity contribution in [2.75, 3.05) is 6.61 Å². The molecule has 1 heterocycles. The average molecular weight is 411 g/mol. The summed E-state index contributed by atoms with van der Waals surface area (Å²) in [5.41, 5.74) is 1.35. The van der Waals surface area contributed by atoms with Crippen LogP contribution in [-0.2, 0) is 22.4 Å². The number of hydrogen-bond donors (Lipinski definition) is 0. The molecule has 0 aliphatic carbocycles. The Bertz CT molecular complexity index is 892. The largest absolute Gasteiger partial charge is 0.475 e. The Hall–Kier alpha value is -2.47. The number of fused-ring (bicyclic) bond motifs is 1. The molecule has 0 radical (unpaired) electrons. The lowest BCUT2D eigenvalue weighted by Crippen LogP contribution is -2.41. The molecule has 1 unspecified atom stereocenters. The van der Waals surface area contributed by atoms with Crippen LogP contribution in [0.15, 0.2) is 48.0 Å². The molecule has 2 aromatic rings. The molecule has 1 aliphatic heterocycles. The van der Waals surface area contributed by atoms with Crippen molar-refractivity contribution in [1.82, 2.24) is 0 Å². The minimum atomic E-state index is -4.76. The predicted molar refractivity (Wildman–Crippen MR) is 100 cm³/mol. The number of aryl methyl sites for hydroxylation is 2. The SMILES string of the molecule is CCOC(=O)C1=Cc2cc(Cl)cc(CCc3ccccc3)c2OC1C(F)(F)F. The number of ether oxygens (including phenoxy) is 2. The van der Waals surface area contributed by atoms with Gasteiger partial charge in [-0.25, -0.2) is 4.79 Å². The maximum Gasteiger partial charge on any atom is 0.430 e. The molecular formula is C21H18ClF3O3. The van der Waals surface area contributed by atoms with E-state index in [1.807, 2.05) is 30.3 Å². The molecule has 0 amide bonds. The molecule has 3 rings (SSSR count). The molecule has 0 N–H and O–H groups in total. The first kappa shape index (κ1) is 20.3. The number of hydrogen-bond acceptors (Lipinski definition) is 3. The topological polar surface area (TPSA) is 35.5 Å². The Balaban J connectivity index is 1.99. The van der Waals surface area contributed by atoms with Gasteiger partial charge in [-0.05, 0) is 49.1 Å². The smallest absolute Gasteiger partial charge is 0.430 e. The highest BCUT2D eigenvalue weighted by Gasteiger charge is 2.49. The summed E-state index contributed by atoms with van der Waals surface area (Å²) in [5, 5.41) is 0.357. The van der Waals surface area contributed by atoms with Crippen LogP contribution in [0.5, 0.6) is 5.75 Å². The third-order valence-electron chi connectivity index (χ3n) is 4.32. The van der Waals surface area contributed by atoms with Crippen molar-refractivity contribution in [3.05, 3.63) is 69.8 Å². The highest BCUT2D eigenvalue weighted by atomic mass is 35.5. The van der Waals surface area contributed by atoms with Crippen molar-refractivity contribution in [3.8, 4) is 5.75 Å². The number of rotatable bonds is 5. The minimum absolute atomic E-state index is 0.0362. The Kier molecular flexibility index (Phi) is 5.98. The third kappa shape index (κ3) is 4.50. The van der Waals surface area contributed by atoms with E-state index in [0.717, 1.165) is 11.6 Å². The van der Waals surface area contributed by atoms with Crippen molar-refractivity contribution < 1.29 is 27.4 Å². The first-order chi connectivity index (χ1) is 13.3. The van der Waals surface area contributed by atoms with Crippen LogP contribution in [0, 0.1) is 0 Å². The van der Waals surface area contributed by atoms with Gasteiger partial charge in [0.25, 0.3) is 0 Å². The number of alkyl halides is 3. The fourth-order valence-electron chi connectivity index (χ4n) is 3.08. The maximum absolute atomic E-state index is 13.5. The zero-order chi connectivity index (χ0) is 20.3. The van der Waals surface area contributed by atoms with E-state index in [9.17, 15) is 18.0 Å². The second kappa shape index (κ2) is 8.27. The quantitative estimate of drug-likeness (QED) is 0.619. The van der Waals surface area contributed by atoms with Gasteiger partial charge in [-0.3, -0.25) is 0 Å². The molecule has 0 aromatic heterocycles. The molecule has 1 aliphatic rings. The lowest BCUT2D eigenvalue weighted by molar-refractivity contribution is -0.188. The van der Waals surface area contributed by atoms with Gasteiger partial charge in [0.05, 0.1) is 12.2 Å². The Morgan fingerprint density at radius 3 is 2.54 bits per heavy atom. The van der Waals surface area contributed by atoms with Crippen molar-refractivity contribution in [3.63, 3.8) is 0 Å². The number of halogens is 4. The third-order valence-corrected chi connectivity index (χ3v) is 4.54. The van der Waals surface area contributed by atoms with Gasteiger partial charge in [0.2, 0.25) is 6.10 Å². The van der Waals surface area contributed by atoms with Crippen LogP contribution in [0.3, 0.4) is 0 Å². The predicted octanol–water partition coefficient (Wildman–Crippen LogP) is 5.40. The number of carbonyl (C=O) groups excluding carboxylic acids is 1. The molecular weight excluding hydrogens is 393 g/mol. The molecule has 1 atom stereocenters. The van der Waals surface area contributed by atoms with E-state index in [1.54, 1.807) is 6.07 Å². The van der Waals surface area contributed by atoms with Gasteiger partial charge in [-0.15, -0.1) is 0 Å². The fourth-order valence-corrected chi connectivity index (χ4v) is 3.33. The second-order valence-electron chi connectivity index (χ2n) is 6.33. The highest BCUT2D eigenvalue weighted by molar-refractivity contribution is 6.30. The van der Waals surface area contributed by atoms with E-state index in [2.05, 4.69) is 0 Å². The maximum atomic E-state index is 13.5. The summed E-state index contributed by atoms with van der Waals surface area (Å²) >= 11 is 6.16. The molecule has 0 saturated carbocycles. The molecule has 7 heteroatoms. The second-order valence-corrected chi connectivity index (χ2v) is 6.76. The first-order valence-corrected chi connectivity index (χ1v) is 9.15. The summed E-state index contributed by atoms with van der Waals surface area (Å²) in [7, 11) is 0. The monoisotopic (exact) mass is 410 g/mol. The average Bonchev–Trinajstić information content (AvgIpc) is 2.65. The van der Waals surface area contributed by atoms with Crippen LogP contribution < -0.4 is 4.74 Å². The van der Waals surface area contributed by atoms with Gasteiger partial charge in [-0.1, -0.05) is 41.9 Å². The summed E-state index contributed by atoms with van der Waals surface area (Å²) < 4.78 is 50.7. The molecule has 0 spiro atoms. The summed E-state index contributed by atoms with van der Waals surface area (Å²) in [5.74, 6) is -0.961. The zero-order valence-electron chi connectivity index (χ0n) is 15.1. The molecule has 28 heavy (non-hydrogen) atoms. The number of benzene rings is 2. The van der Waals surface area contributed by atoms with Crippen LogP contribution >= 0.6 is 11.6 Å². The van der Waals surface area contributed by atoms with Crippen molar-refractivity contribution in [1.29, 1.82) is 0 Å². The van der Waals surface area contributed by atoms with Gasteiger partial charge in [-0.2, -0.15) is 13.2 Å². The van der Waals surface area contributed by atoms with Gasteiger partial charge in [0.1, 0.15) is 5.75 Å². The van der Waals surface area contributed by atoms with E-state index in [-0.39, 0.29) is 12.4 Å².